The molecular weight excluding hydrogens is 320 g/mol. The number of rotatable bonds is 8. The van der Waals surface area contributed by atoms with Crippen LogP contribution in [0.2, 0.25) is 0 Å². The van der Waals surface area contributed by atoms with Gasteiger partial charge in [-0.2, -0.15) is 0 Å². The fourth-order valence-electron chi connectivity index (χ4n) is 3.38. The summed E-state index contributed by atoms with van der Waals surface area (Å²) in [6, 6.07) is 21.1. The molecule has 1 N–H and O–H groups in total. The fourth-order valence-corrected chi connectivity index (χ4v) is 3.38. The monoisotopic (exact) mass is 348 g/mol. The van der Waals surface area contributed by atoms with E-state index < -0.39 is 0 Å². The van der Waals surface area contributed by atoms with Crippen molar-refractivity contribution < 1.29 is 5.11 Å². The van der Waals surface area contributed by atoms with Gasteiger partial charge in [-0.25, -0.2) is 4.98 Å². The lowest BCUT2D eigenvalue weighted by Crippen LogP contribution is -2.10. The van der Waals surface area contributed by atoms with E-state index in [9.17, 15) is 5.11 Å². The maximum Gasteiger partial charge on any atom is 0.109 e. The molecule has 0 amide bonds. The van der Waals surface area contributed by atoms with Crippen LogP contribution in [0, 0.1) is 0 Å². The number of imidazole rings is 1. The first-order valence-corrected chi connectivity index (χ1v) is 9.46. The second-order valence-electron chi connectivity index (χ2n) is 7.08. The van der Waals surface area contributed by atoms with Gasteiger partial charge in [-0.3, -0.25) is 0 Å². The molecule has 0 unspecified atom stereocenters. The van der Waals surface area contributed by atoms with Crippen LogP contribution in [0.1, 0.15) is 54.5 Å². The Kier molecular flexibility index (Phi) is 6.24. The number of nitrogens with zero attached hydrogens (tertiary/aromatic N) is 2. The van der Waals surface area contributed by atoms with Gasteiger partial charge in [-0.05, 0) is 23.5 Å². The SMILES string of the molecule is CC(C)c1nc(CCCO)n(Cc2ccccc2)c1Cc1ccccc1. The Balaban J connectivity index is 2.03. The summed E-state index contributed by atoms with van der Waals surface area (Å²) in [6.45, 7) is 5.44. The van der Waals surface area contributed by atoms with Gasteiger partial charge >= 0.3 is 0 Å². The standard InChI is InChI=1S/C23H28N2O/c1-18(2)23-21(16-19-10-5-3-6-11-19)25(22(24-23)14-9-15-26)17-20-12-7-4-8-13-20/h3-8,10-13,18,26H,9,14-17H2,1-2H3. The van der Waals surface area contributed by atoms with Crippen molar-refractivity contribution in [2.24, 2.45) is 0 Å². The van der Waals surface area contributed by atoms with Gasteiger partial charge < -0.3 is 9.67 Å². The second-order valence-corrected chi connectivity index (χ2v) is 7.08. The maximum absolute atomic E-state index is 9.29. The average Bonchev–Trinajstić information content (AvgIpc) is 2.99. The van der Waals surface area contributed by atoms with Crippen LogP contribution in [-0.2, 0) is 19.4 Å². The molecule has 136 valence electrons. The predicted octanol–water partition coefficient (Wildman–Crippen LogP) is 4.57. The zero-order valence-electron chi connectivity index (χ0n) is 15.7. The number of hydrogen-bond acceptors (Lipinski definition) is 2. The van der Waals surface area contributed by atoms with Gasteiger partial charge in [-0.1, -0.05) is 74.5 Å². The van der Waals surface area contributed by atoms with E-state index in [4.69, 9.17) is 4.98 Å². The summed E-state index contributed by atoms with van der Waals surface area (Å²) in [4.78, 5) is 4.99. The minimum atomic E-state index is 0.198. The van der Waals surface area contributed by atoms with E-state index in [-0.39, 0.29) is 6.61 Å². The first kappa shape index (κ1) is 18.4. The summed E-state index contributed by atoms with van der Waals surface area (Å²) in [7, 11) is 0. The molecule has 0 spiro atoms. The molecule has 0 radical (unpaired) electrons. The van der Waals surface area contributed by atoms with Crippen LogP contribution >= 0.6 is 0 Å². The molecule has 2 aromatic carbocycles. The number of aliphatic hydroxyl groups excluding tert-OH is 1. The van der Waals surface area contributed by atoms with Gasteiger partial charge in [0.2, 0.25) is 0 Å². The molecular formula is C23H28N2O. The lowest BCUT2D eigenvalue weighted by molar-refractivity contribution is 0.287. The van der Waals surface area contributed by atoms with Crippen LogP contribution in [0.5, 0.6) is 0 Å². The number of benzene rings is 2. The third kappa shape index (κ3) is 4.41. The van der Waals surface area contributed by atoms with Crippen LogP contribution in [0.4, 0.5) is 0 Å². The normalized spacial score (nSPS) is 11.2. The number of hydrogen-bond donors (Lipinski definition) is 1. The topological polar surface area (TPSA) is 38.1 Å². The lowest BCUT2D eigenvalue weighted by Gasteiger charge is -2.14. The predicted molar refractivity (Wildman–Crippen MR) is 107 cm³/mol. The Morgan fingerprint density at radius 2 is 1.54 bits per heavy atom. The van der Waals surface area contributed by atoms with E-state index in [1.807, 2.05) is 0 Å². The van der Waals surface area contributed by atoms with Gasteiger partial charge in [-0.15, -0.1) is 0 Å². The van der Waals surface area contributed by atoms with Crippen molar-refractivity contribution in [2.45, 2.75) is 45.6 Å². The highest BCUT2D eigenvalue weighted by atomic mass is 16.2. The van der Waals surface area contributed by atoms with E-state index in [2.05, 4.69) is 79.1 Å². The Labute approximate surface area is 156 Å². The maximum atomic E-state index is 9.29. The van der Waals surface area contributed by atoms with Gasteiger partial charge in [0.05, 0.1) is 5.69 Å². The third-order valence-electron chi connectivity index (χ3n) is 4.69. The average molecular weight is 348 g/mol. The van der Waals surface area contributed by atoms with Gasteiger partial charge in [0.25, 0.3) is 0 Å². The Hall–Kier alpha value is -2.39. The molecule has 3 nitrogen and oxygen atoms in total. The number of aromatic nitrogens is 2. The fraction of sp³-hybridized carbons (Fsp3) is 0.348. The summed E-state index contributed by atoms with van der Waals surface area (Å²) < 4.78 is 2.37. The molecule has 0 bridgehead atoms. The Bertz CT molecular complexity index is 807. The summed E-state index contributed by atoms with van der Waals surface area (Å²) in [5, 5.41) is 9.29. The van der Waals surface area contributed by atoms with E-state index in [0.717, 1.165) is 31.6 Å². The highest BCUT2D eigenvalue weighted by Crippen LogP contribution is 2.25. The van der Waals surface area contributed by atoms with Gasteiger partial charge in [0.1, 0.15) is 5.82 Å². The van der Waals surface area contributed by atoms with Crippen molar-refractivity contribution >= 4 is 0 Å². The zero-order chi connectivity index (χ0) is 18.4. The summed E-state index contributed by atoms with van der Waals surface area (Å²) >= 11 is 0. The van der Waals surface area contributed by atoms with Crippen molar-refractivity contribution in [1.29, 1.82) is 0 Å². The molecule has 0 saturated carbocycles. The summed E-state index contributed by atoms with van der Waals surface area (Å²) in [5.74, 6) is 1.45. The van der Waals surface area contributed by atoms with Crippen molar-refractivity contribution in [3.8, 4) is 0 Å². The number of aryl methyl sites for hydroxylation is 1. The van der Waals surface area contributed by atoms with E-state index in [0.29, 0.717) is 5.92 Å². The molecule has 3 heteroatoms. The van der Waals surface area contributed by atoms with Gasteiger partial charge in [0, 0.05) is 31.7 Å². The molecule has 1 heterocycles. The second kappa shape index (κ2) is 8.81. The molecule has 3 aromatic rings. The molecule has 26 heavy (non-hydrogen) atoms. The first-order chi connectivity index (χ1) is 12.7. The Morgan fingerprint density at radius 3 is 2.12 bits per heavy atom. The molecule has 0 aliphatic heterocycles. The largest absolute Gasteiger partial charge is 0.396 e. The first-order valence-electron chi connectivity index (χ1n) is 9.46. The molecule has 0 aliphatic carbocycles. The molecule has 0 fully saturated rings. The molecule has 0 aliphatic rings. The smallest absolute Gasteiger partial charge is 0.109 e. The third-order valence-corrected chi connectivity index (χ3v) is 4.69. The summed E-state index contributed by atoms with van der Waals surface area (Å²) in [6.07, 6.45) is 2.43. The van der Waals surface area contributed by atoms with Crippen molar-refractivity contribution in [2.75, 3.05) is 6.61 Å². The Morgan fingerprint density at radius 1 is 0.923 bits per heavy atom. The summed E-state index contributed by atoms with van der Waals surface area (Å²) in [5.41, 5.74) is 5.05. The van der Waals surface area contributed by atoms with E-state index in [1.54, 1.807) is 0 Å². The molecule has 0 atom stereocenters. The van der Waals surface area contributed by atoms with Crippen molar-refractivity contribution in [3.05, 3.63) is 89.0 Å². The quantitative estimate of drug-likeness (QED) is 0.647. The van der Waals surface area contributed by atoms with Crippen molar-refractivity contribution in [3.63, 3.8) is 0 Å². The number of aliphatic hydroxyl groups is 1. The highest BCUT2D eigenvalue weighted by molar-refractivity contribution is 5.30. The van der Waals surface area contributed by atoms with E-state index >= 15 is 0 Å². The lowest BCUT2D eigenvalue weighted by atomic mass is 10.0. The molecule has 0 saturated heterocycles. The van der Waals surface area contributed by atoms with Crippen LogP contribution < -0.4 is 0 Å². The van der Waals surface area contributed by atoms with Crippen LogP contribution in [0.3, 0.4) is 0 Å². The van der Waals surface area contributed by atoms with E-state index in [1.165, 1.54) is 22.5 Å². The van der Waals surface area contributed by atoms with Crippen molar-refractivity contribution in [1.82, 2.24) is 9.55 Å². The minimum Gasteiger partial charge on any atom is -0.396 e. The molecule has 3 rings (SSSR count). The van der Waals surface area contributed by atoms with Crippen LogP contribution in [-0.4, -0.2) is 21.3 Å². The highest BCUT2D eigenvalue weighted by Gasteiger charge is 2.19. The van der Waals surface area contributed by atoms with Gasteiger partial charge in [0.15, 0.2) is 0 Å². The molecule has 1 aromatic heterocycles. The zero-order valence-corrected chi connectivity index (χ0v) is 15.7. The van der Waals surface area contributed by atoms with Crippen LogP contribution in [0.25, 0.3) is 0 Å². The minimum absolute atomic E-state index is 0.198. The van der Waals surface area contributed by atoms with Crippen LogP contribution in [0.15, 0.2) is 60.7 Å².